The van der Waals surface area contributed by atoms with E-state index in [1.54, 1.807) is 12.1 Å². The molecule has 29 heavy (non-hydrogen) atoms. The van der Waals surface area contributed by atoms with Gasteiger partial charge in [0.25, 0.3) is 0 Å². The summed E-state index contributed by atoms with van der Waals surface area (Å²) in [6.45, 7) is 4.05. The number of amides is 1. The molecule has 0 aliphatic carbocycles. The lowest BCUT2D eigenvalue weighted by molar-refractivity contribution is -0.123. The Morgan fingerprint density at radius 1 is 1.03 bits per heavy atom. The molecule has 8 heteroatoms. The van der Waals surface area contributed by atoms with Gasteiger partial charge in [0.1, 0.15) is 0 Å². The fourth-order valence-electron chi connectivity index (χ4n) is 3.37. The highest BCUT2D eigenvalue weighted by Crippen LogP contribution is 2.16. The van der Waals surface area contributed by atoms with Crippen LogP contribution in [0.3, 0.4) is 0 Å². The molecule has 0 aromatic heterocycles. The molecule has 2 aromatic carbocycles. The summed E-state index contributed by atoms with van der Waals surface area (Å²) in [5.74, 6) is -0.0690. The summed E-state index contributed by atoms with van der Waals surface area (Å²) in [6, 6.07) is 16.5. The van der Waals surface area contributed by atoms with E-state index in [0.29, 0.717) is 31.2 Å². The number of sulfonamides is 1. The van der Waals surface area contributed by atoms with Crippen molar-refractivity contribution in [3.05, 3.63) is 70.7 Å². The predicted molar refractivity (Wildman–Crippen MR) is 115 cm³/mol. The van der Waals surface area contributed by atoms with E-state index < -0.39 is 10.0 Å². The van der Waals surface area contributed by atoms with Gasteiger partial charge in [0, 0.05) is 31.2 Å². The van der Waals surface area contributed by atoms with Gasteiger partial charge in [0.2, 0.25) is 15.9 Å². The predicted octanol–water partition coefficient (Wildman–Crippen LogP) is 2.66. The van der Waals surface area contributed by atoms with Crippen LogP contribution in [0.1, 0.15) is 24.1 Å². The summed E-state index contributed by atoms with van der Waals surface area (Å²) in [7, 11) is -3.35. The molecule has 1 aliphatic rings. The fraction of sp³-hybridized carbons (Fsp3) is 0.381. The van der Waals surface area contributed by atoms with Crippen LogP contribution in [0.5, 0.6) is 0 Å². The topological polar surface area (TPSA) is 69.7 Å². The third kappa shape index (κ3) is 6.27. The van der Waals surface area contributed by atoms with E-state index in [1.165, 1.54) is 4.31 Å². The Morgan fingerprint density at radius 2 is 1.66 bits per heavy atom. The number of carbonyl (C=O) groups excluding carboxylic acids is 1. The highest BCUT2D eigenvalue weighted by Gasteiger charge is 2.28. The Morgan fingerprint density at radius 3 is 2.28 bits per heavy atom. The van der Waals surface area contributed by atoms with Crippen LogP contribution in [0.2, 0.25) is 5.02 Å². The second-order valence-electron chi connectivity index (χ2n) is 7.26. The van der Waals surface area contributed by atoms with Crippen LogP contribution >= 0.6 is 11.6 Å². The van der Waals surface area contributed by atoms with Gasteiger partial charge in [-0.05, 0) is 30.2 Å². The van der Waals surface area contributed by atoms with Crippen LogP contribution in [-0.4, -0.2) is 56.3 Å². The second-order valence-corrected chi connectivity index (χ2v) is 9.66. The number of hydrogen-bond donors (Lipinski definition) is 1. The molecule has 1 atom stereocenters. The molecule has 0 spiro atoms. The zero-order valence-corrected chi connectivity index (χ0v) is 18.0. The first kappa shape index (κ1) is 21.8. The number of hydrogen-bond acceptors (Lipinski definition) is 4. The molecule has 0 bridgehead atoms. The van der Waals surface area contributed by atoms with Crippen molar-refractivity contribution in [2.24, 2.45) is 0 Å². The Balaban J connectivity index is 1.46. The third-order valence-electron chi connectivity index (χ3n) is 5.03. The standard InChI is InChI=1S/C21H26ClN3O3S/c1-17(19-7-9-20(22)10-8-19)23-21(26)15-24-11-13-25(14-12-24)29(27,28)16-18-5-3-2-4-6-18/h2-10,17H,11-16H2,1H3,(H,23,26)/t17-/m0/s1. The van der Waals surface area contributed by atoms with Gasteiger partial charge in [-0.2, -0.15) is 4.31 Å². The van der Waals surface area contributed by atoms with E-state index in [4.69, 9.17) is 11.6 Å². The molecule has 2 aromatic rings. The summed E-state index contributed by atoms with van der Waals surface area (Å²) in [5, 5.41) is 3.64. The van der Waals surface area contributed by atoms with E-state index in [0.717, 1.165) is 11.1 Å². The van der Waals surface area contributed by atoms with Gasteiger partial charge < -0.3 is 5.32 Å². The van der Waals surface area contributed by atoms with E-state index in [2.05, 4.69) is 5.32 Å². The average molecular weight is 436 g/mol. The first-order chi connectivity index (χ1) is 13.8. The van der Waals surface area contributed by atoms with E-state index in [1.807, 2.05) is 54.3 Å². The van der Waals surface area contributed by atoms with Crippen molar-refractivity contribution in [2.45, 2.75) is 18.7 Å². The molecule has 156 valence electrons. The molecule has 1 aliphatic heterocycles. The van der Waals surface area contributed by atoms with Crippen molar-refractivity contribution in [1.29, 1.82) is 0 Å². The number of rotatable bonds is 7. The van der Waals surface area contributed by atoms with Crippen molar-refractivity contribution in [3.8, 4) is 0 Å². The molecule has 0 radical (unpaired) electrons. The van der Waals surface area contributed by atoms with Gasteiger partial charge in [-0.25, -0.2) is 8.42 Å². The Bertz CT molecular complexity index is 912. The highest BCUT2D eigenvalue weighted by molar-refractivity contribution is 7.88. The average Bonchev–Trinajstić information content (AvgIpc) is 2.69. The van der Waals surface area contributed by atoms with Crippen LogP contribution in [0, 0.1) is 0 Å². The number of nitrogens with zero attached hydrogens (tertiary/aromatic N) is 2. The Kier molecular flexibility index (Phi) is 7.29. The van der Waals surface area contributed by atoms with Crippen molar-refractivity contribution >= 4 is 27.5 Å². The summed E-state index contributed by atoms with van der Waals surface area (Å²) in [6.07, 6.45) is 0. The minimum absolute atomic E-state index is 0.00688. The molecule has 1 fully saturated rings. The zero-order chi connectivity index (χ0) is 20.9. The van der Waals surface area contributed by atoms with Crippen LogP contribution in [-0.2, 0) is 20.6 Å². The van der Waals surface area contributed by atoms with Gasteiger partial charge in [-0.3, -0.25) is 9.69 Å². The number of nitrogens with one attached hydrogen (secondary N) is 1. The van der Waals surface area contributed by atoms with Gasteiger partial charge in [0.05, 0.1) is 18.3 Å². The van der Waals surface area contributed by atoms with Gasteiger partial charge >= 0.3 is 0 Å². The maximum atomic E-state index is 12.6. The number of halogens is 1. The summed E-state index contributed by atoms with van der Waals surface area (Å²) < 4.78 is 26.8. The lowest BCUT2D eigenvalue weighted by Crippen LogP contribution is -2.51. The quantitative estimate of drug-likeness (QED) is 0.725. The first-order valence-electron chi connectivity index (χ1n) is 9.62. The molecule has 0 unspecified atom stereocenters. The largest absolute Gasteiger partial charge is 0.348 e. The van der Waals surface area contributed by atoms with E-state index in [-0.39, 0.29) is 24.2 Å². The van der Waals surface area contributed by atoms with Crippen LogP contribution in [0.15, 0.2) is 54.6 Å². The van der Waals surface area contributed by atoms with Crippen molar-refractivity contribution in [2.75, 3.05) is 32.7 Å². The lowest BCUT2D eigenvalue weighted by atomic mass is 10.1. The van der Waals surface area contributed by atoms with Crippen molar-refractivity contribution in [1.82, 2.24) is 14.5 Å². The molecule has 1 amide bonds. The van der Waals surface area contributed by atoms with Crippen LogP contribution < -0.4 is 5.32 Å². The smallest absolute Gasteiger partial charge is 0.234 e. The lowest BCUT2D eigenvalue weighted by Gasteiger charge is -2.33. The van der Waals surface area contributed by atoms with E-state index >= 15 is 0 Å². The SMILES string of the molecule is C[C@H](NC(=O)CN1CCN(S(=O)(=O)Cc2ccccc2)CC1)c1ccc(Cl)cc1. The minimum atomic E-state index is -3.35. The second kappa shape index (κ2) is 9.71. The number of benzene rings is 2. The molecular weight excluding hydrogens is 410 g/mol. The molecule has 6 nitrogen and oxygen atoms in total. The molecule has 3 rings (SSSR count). The zero-order valence-electron chi connectivity index (χ0n) is 16.4. The third-order valence-corrected chi connectivity index (χ3v) is 7.13. The van der Waals surface area contributed by atoms with Crippen molar-refractivity contribution < 1.29 is 13.2 Å². The summed E-state index contributed by atoms with van der Waals surface area (Å²) in [5.41, 5.74) is 1.77. The van der Waals surface area contributed by atoms with Crippen LogP contribution in [0.4, 0.5) is 0 Å². The van der Waals surface area contributed by atoms with Crippen LogP contribution in [0.25, 0.3) is 0 Å². The first-order valence-corrected chi connectivity index (χ1v) is 11.6. The number of piperazine rings is 1. The monoisotopic (exact) mass is 435 g/mol. The molecule has 1 heterocycles. The maximum Gasteiger partial charge on any atom is 0.234 e. The Labute approximate surface area is 177 Å². The minimum Gasteiger partial charge on any atom is -0.348 e. The Hall–Kier alpha value is -1.93. The van der Waals surface area contributed by atoms with Gasteiger partial charge in [-0.15, -0.1) is 0 Å². The molecule has 1 N–H and O–H groups in total. The summed E-state index contributed by atoms with van der Waals surface area (Å²) >= 11 is 5.90. The van der Waals surface area contributed by atoms with Crippen molar-refractivity contribution in [3.63, 3.8) is 0 Å². The van der Waals surface area contributed by atoms with Gasteiger partial charge in [0.15, 0.2) is 0 Å². The highest BCUT2D eigenvalue weighted by atomic mass is 35.5. The molecule has 0 saturated carbocycles. The molecular formula is C21H26ClN3O3S. The summed E-state index contributed by atoms with van der Waals surface area (Å²) in [4.78, 5) is 14.4. The maximum absolute atomic E-state index is 12.6. The van der Waals surface area contributed by atoms with E-state index in [9.17, 15) is 13.2 Å². The van der Waals surface area contributed by atoms with Gasteiger partial charge in [-0.1, -0.05) is 54.1 Å². The fourth-order valence-corrected chi connectivity index (χ4v) is 5.01. The molecule has 1 saturated heterocycles. The number of carbonyl (C=O) groups is 1. The normalized spacial score (nSPS) is 17.0.